The molecular formula is C18H24N2O. The Morgan fingerprint density at radius 2 is 1.95 bits per heavy atom. The first-order chi connectivity index (χ1) is 9.96. The Morgan fingerprint density at radius 1 is 1.29 bits per heavy atom. The van der Waals surface area contributed by atoms with Gasteiger partial charge in [-0.15, -0.1) is 0 Å². The molecule has 0 bridgehead atoms. The van der Waals surface area contributed by atoms with Gasteiger partial charge in [-0.2, -0.15) is 0 Å². The second-order valence-corrected chi connectivity index (χ2v) is 7.16. The molecule has 3 rings (SSSR count). The van der Waals surface area contributed by atoms with Gasteiger partial charge in [-0.3, -0.25) is 4.79 Å². The molecule has 1 aromatic heterocycles. The molecule has 1 saturated carbocycles. The number of fused-ring (bicyclic) bond motifs is 1. The summed E-state index contributed by atoms with van der Waals surface area (Å²) in [4.78, 5) is 17.2. The number of aromatic nitrogens is 2. The highest BCUT2D eigenvalue weighted by Crippen LogP contribution is 2.38. The lowest BCUT2D eigenvalue weighted by Crippen LogP contribution is -2.27. The number of Topliss-reactive ketones (excluding diaryl/α,β-unsaturated/α-hetero) is 1. The molecule has 0 amide bonds. The van der Waals surface area contributed by atoms with E-state index < -0.39 is 0 Å². The van der Waals surface area contributed by atoms with E-state index in [2.05, 4.69) is 29.5 Å². The molecule has 3 nitrogen and oxygen atoms in total. The molecule has 1 fully saturated rings. The molecule has 0 saturated heterocycles. The highest BCUT2D eigenvalue weighted by Gasteiger charge is 2.30. The Kier molecular flexibility index (Phi) is 3.60. The predicted molar refractivity (Wildman–Crippen MR) is 85.2 cm³/mol. The summed E-state index contributed by atoms with van der Waals surface area (Å²) in [6.07, 6.45) is 4.86. The summed E-state index contributed by atoms with van der Waals surface area (Å²) in [5, 5.41) is 0. The first kappa shape index (κ1) is 14.3. The number of para-hydroxylation sites is 2. The number of benzene rings is 1. The molecule has 1 aliphatic carbocycles. The molecule has 21 heavy (non-hydrogen) atoms. The average molecular weight is 284 g/mol. The van der Waals surface area contributed by atoms with Gasteiger partial charge < -0.3 is 4.57 Å². The van der Waals surface area contributed by atoms with Gasteiger partial charge in [0, 0.05) is 13.0 Å². The van der Waals surface area contributed by atoms with E-state index in [0.29, 0.717) is 17.6 Å². The van der Waals surface area contributed by atoms with Crippen molar-refractivity contribution in [1.29, 1.82) is 0 Å². The molecule has 2 aromatic rings. The first-order valence-corrected chi connectivity index (χ1v) is 7.89. The normalized spacial score (nSPS) is 19.0. The number of hydrogen-bond donors (Lipinski definition) is 0. The summed E-state index contributed by atoms with van der Waals surface area (Å²) in [6, 6.07) is 8.06. The van der Waals surface area contributed by atoms with Crippen molar-refractivity contribution in [1.82, 2.24) is 9.55 Å². The predicted octanol–water partition coefficient (Wildman–Crippen LogP) is 3.90. The number of carbonyl (C=O) groups is 1. The monoisotopic (exact) mass is 284 g/mol. The van der Waals surface area contributed by atoms with Gasteiger partial charge >= 0.3 is 0 Å². The van der Waals surface area contributed by atoms with Gasteiger partial charge in [0.25, 0.3) is 0 Å². The number of rotatable bonds is 3. The second-order valence-electron chi connectivity index (χ2n) is 7.16. The van der Waals surface area contributed by atoms with Gasteiger partial charge in [-0.1, -0.05) is 26.0 Å². The molecule has 112 valence electrons. The number of nitrogens with zero attached hydrogens (tertiary/aromatic N) is 2. The summed E-state index contributed by atoms with van der Waals surface area (Å²) in [5.41, 5.74) is 2.49. The van der Waals surface area contributed by atoms with Crippen molar-refractivity contribution in [3.63, 3.8) is 0 Å². The van der Waals surface area contributed by atoms with Crippen molar-refractivity contribution < 1.29 is 4.79 Å². The molecule has 0 atom stereocenters. The Labute approximate surface area is 126 Å². The van der Waals surface area contributed by atoms with Crippen molar-refractivity contribution in [2.45, 2.75) is 46.0 Å². The Bertz CT molecular complexity index is 659. The van der Waals surface area contributed by atoms with Crippen LogP contribution in [0.3, 0.4) is 0 Å². The third kappa shape index (κ3) is 2.87. The van der Waals surface area contributed by atoms with Crippen LogP contribution in [0.25, 0.3) is 11.0 Å². The van der Waals surface area contributed by atoms with E-state index in [-0.39, 0.29) is 5.92 Å². The molecule has 0 unspecified atom stereocenters. The van der Waals surface area contributed by atoms with E-state index in [4.69, 9.17) is 0 Å². The molecule has 0 aliphatic heterocycles. The van der Waals surface area contributed by atoms with Gasteiger partial charge in [0.1, 0.15) is 11.6 Å². The number of hydrogen-bond acceptors (Lipinski definition) is 2. The lowest BCUT2D eigenvalue weighted by Gasteiger charge is -2.33. The maximum atomic E-state index is 12.6. The molecular weight excluding hydrogens is 260 g/mol. The SMILES string of the molecule is Cn1c(CC(=O)C2CCC(C)(C)CC2)nc2ccccc21. The van der Waals surface area contributed by atoms with Crippen molar-refractivity contribution in [3.05, 3.63) is 30.1 Å². The van der Waals surface area contributed by atoms with Crippen LogP contribution in [-0.4, -0.2) is 15.3 Å². The van der Waals surface area contributed by atoms with Crippen LogP contribution in [0, 0.1) is 11.3 Å². The van der Waals surface area contributed by atoms with Gasteiger partial charge in [-0.25, -0.2) is 4.98 Å². The van der Waals surface area contributed by atoms with Gasteiger partial charge in [0.05, 0.1) is 17.5 Å². The zero-order valence-electron chi connectivity index (χ0n) is 13.2. The minimum Gasteiger partial charge on any atom is -0.331 e. The number of aryl methyl sites for hydroxylation is 1. The van der Waals surface area contributed by atoms with Crippen LogP contribution in [0.15, 0.2) is 24.3 Å². The fraction of sp³-hybridized carbons (Fsp3) is 0.556. The zero-order chi connectivity index (χ0) is 15.0. The third-order valence-corrected chi connectivity index (χ3v) is 5.01. The van der Waals surface area contributed by atoms with Crippen molar-refractivity contribution in [3.8, 4) is 0 Å². The molecule has 0 N–H and O–H groups in total. The minimum absolute atomic E-state index is 0.234. The van der Waals surface area contributed by atoms with Crippen LogP contribution in [-0.2, 0) is 18.3 Å². The fourth-order valence-electron chi connectivity index (χ4n) is 3.37. The maximum Gasteiger partial charge on any atom is 0.143 e. The summed E-state index contributed by atoms with van der Waals surface area (Å²) in [5.74, 6) is 1.49. The summed E-state index contributed by atoms with van der Waals surface area (Å²) >= 11 is 0. The fourth-order valence-corrected chi connectivity index (χ4v) is 3.37. The van der Waals surface area contributed by atoms with Gasteiger partial charge in [0.2, 0.25) is 0 Å². The molecule has 1 aromatic carbocycles. The minimum atomic E-state index is 0.234. The Morgan fingerprint density at radius 3 is 2.62 bits per heavy atom. The second kappa shape index (κ2) is 5.28. The highest BCUT2D eigenvalue weighted by atomic mass is 16.1. The summed E-state index contributed by atoms with van der Waals surface area (Å²) in [6.45, 7) is 4.61. The quantitative estimate of drug-likeness (QED) is 0.856. The van der Waals surface area contributed by atoms with Crippen molar-refractivity contribution >= 4 is 16.8 Å². The Hall–Kier alpha value is -1.64. The molecule has 1 heterocycles. The first-order valence-electron chi connectivity index (χ1n) is 7.89. The van der Waals surface area contributed by atoms with Crippen LogP contribution in [0.1, 0.15) is 45.4 Å². The maximum absolute atomic E-state index is 12.6. The van der Waals surface area contributed by atoms with Crippen molar-refractivity contribution in [2.75, 3.05) is 0 Å². The smallest absolute Gasteiger partial charge is 0.143 e. The summed E-state index contributed by atoms with van der Waals surface area (Å²) in [7, 11) is 2.00. The van der Waals surface area contributed by atoms with Crippen LogP contribution in [0.2, 0.25) is 0 Å². The Balaban J connectivity index is 1.73. The van der Waals surface area contributed by atoms with Gasteiger partial charge in [0.15, 0.2) is 0 Å². The van der Waals surface area contributed by atoms with Crippen LogP contribution < -0.4 is 0 Å². The molecule has 0 radical (unpaired) electrons. The van der Waals surface area contributed by atoms with Crippen LogP contribution >= 0.6 is 0 Å². The van der Waals surface area contributed by atoms with E-state index in [9.17, 15) is 4.79 Å². The molecule has 3 heteroatoms. The topological polar surface area (TPSA) is 34.9 Å². The zero-order valence-corrected chi connectivity index (χ0v) is 13.2. The molecule has 1 aliphatic rings. The van der Waals surface area contributed by atoms with Crippen LogP contribution in [0.4, 0.5) is 0 Å². The highest BCUT2D eigenvalue weighted by molar-refractivity contribution is 5.84. The van der Waals surface area contributed by atoms with Gasteiger partial charge in [-0.05, 0) is 43.2 Å². The lowest BCUT2D eigenvalue weighted by molar-refractivity contribution is -0.123. The van der Waals surface area contributed by atoms with E-state index in [0.717, 1.165) is 42.5 Å². The largest absolute Gasteiger partial charge is 0.331 e. The standard InChI is InChI=1S/C18H24N2O/c1-18(2)10-8-13(9-11-18)16(21)12-17-19-14-6-4-5-7-15(14)20(17)3/h4-7,13H,8-12H2,1-3H3. The summed E-state index contributed by atoms with van der Waals surface area (Å²) < 4.78 is 2.06. The number of imidazole rings is 1. The van der Waals surface area contributed by atoms with Crippen molar-refractivity contribution in [2.24, 2.45) is 18.4 Å². The molecule has 0 spiro atoms. The van der Waals surface area contributed by atoms with E-state index in [1.807, 2.05) is 25.2 Å². The lowest BCUT2D eigenvalue weighted by atomic mass is 9.72. The third-order valence-electron chi connectivity index (χ3n) is 5.01. The number of ketones is 1. The number of carbonyl (C=O) groups excluding carboxylic acids is 1. The average Bonchev–Trinajstić information content (AvgIpc) is 2.76. The van der Waals surface area contributed by atoms with E-state index in [1.165, 1.54) is 0 Å². The van der Waals surface area contributed by atoms with E-state index >= 15 is 0 Å². The van der Waals surface area contributed by atoms with Crippen LogP contribution in [0.5, 0.6) is 0 Å². The van der Waals surface area contributed by atoms with E-state index in [1.54, 1.807) is 0 Å².